The van der Waals surface area contributed by atoms with Gasteiger partial charge in [-0.1, -0.05) is 0 Å². The highest BCUT2D eigenvalue weighted by Crippen LogP contribution is 2.33. The monoisotopic (exact) mass is 430 g/mol. The van der Waals surface area contributed by atoms with Crippen molar-refractivity contribution in [1.29, 1.82) is 0 Å². The molecule has 7 nitrogen and oxygen atoms in total. The highest BCUT2D eigenvalue weighted by atomic mass is 16.5. The van der Waals surface area contributed by atoms with Crippen LogP contribution in [-0.4, -0.2) is 74.2 Å². The van der Waals surface area contributed by atoms with E-state index in [9.17, 15) is 9.59 Å². The highest BCUT2D eigenvalue weighted by Gasteiger charge is 2.36. The van der Waals surface area contributed by atoms with Gasteiger partial charge in [-0.3, -0.25) is 9.59 Å². The molecule has 31 heavy (non-hydrogen) atoms. The lowest BCUT2D eigenvalue weighted by Crippen LogP contribution is -2.46. The van der Waals surface area contributed by atoms with Crippen LogP contribution in [0.15, 0.2) is 18.2 Å². The SMILES string of the molecule is COC[C@H]1CCCCN1C(=O)c1cc(OC)ccc1OC1CCN(C(=O)C2CC2)CC1. The van der Waals surface area contributed by atoms with Gasteiger partial charge in [-0.15, -0.1) is 0 Å². The second kappa shape index (κ2) is 9.90. The number of nitrogens with zero attached hydrogens (tertiary/aromatic N) is 2. The summed E-state index contributed by atoms with van der Waals surface area (Å²) < 4.78 is 17.1. The Balaban J connectivity index is 1.46. The third-order valence-electron chi connectivity index (χ3n) is 6.64. The van der Waals surface area contributed by atoms with E-state index in [0.29, 0.717) is 29.6 Å². The van der Waals surface area contributed by atoms with Crippen molar-refractivity contribution in [1.82, 2.24) is 9.80 Å². The molecule has 3 fully saturated rings. The molecule has 1 aromatic carbocycles. The van der Waals surface area contributed by atoms with E-state index in [1.807, 2.05) is 21.9 Å². The molecule has 1 saturated carbocycles. The standard InChI is InChI=1S/C24H34N2O5/c1-29-16-18-5-3-4-12-26(18)24(28)21-15-20(30-2)8-9-22(21)31-19-10-13-25(14-11-19)23(27)17-6-7-17/h8-9,15,17-19H,3-7,10-14,16H2,1-2H3/t18-/m1/s1. The molecule has 4 rings (SSSR count). The van der Waals surface area contributed by atoms with Crippen molar-refractivity contribution in [2.45, 2.75) is 57.1 Å². The second-order valence-corrected chi connectivity index (χ2v) is 8.88. The number of piperidine rings is 2. The molecule has 2 amide bonds. The van der Waals surface area contributed by atoms with Gasteiger partial charge >= 0.3 is 0 Å². The molecule has 2 heterocycles. The Morgan fingerprint density at radius 2 is 1.77 bits per heavy atom. The zero-order chi connectivity index (χ0) is 21.8. The molecule has 2 saturated heterocycles. The van der Waals surface area contributed by atoms with Crippen molar-refractivity contribution in [2.24, 2.45) is 5.92 Å². The van der Waals surface area contributed by atoms with E-state index in [-0.39, 0.29) is 24.0 Å². The fourth-order valence-corrected chi connectivity index (χ4v) is 4.66. The van der Waals surface area contributed by atoms with Crippen molar-refractivity contribution >= 4 is 11.8 Å². The normalized spacial score (nSPS) is 22.3. The van der Waals surface area contributed by atoms with Crippen molar-refractivity contribution in [2.75, 3.05) is 40.5 Å². The zero-order valence-electron chi connectivity index (χ0n) is 18.7. The first-order valence-corrected chi connectivity index (χ1v) is 11.5. The van der Waals surface area contributed by atoms with E-state index in [1.54, 1.807) is 20.3 Å². The highest BCUT2D eigenvalue weighted by molar-refractivity contribution is 5.97. The average Bonchev–Trinajstić information content (AvgIpc) is 3.65. The van der Waals surface area contributed by atoms with Gasteiger partial charge in [0.15, 0.2) is 0 Å². The molecule has 0 bridgehead atoms. The minimum absolute atomic E-state index is 0.000624. The van der Waals surface area contributed by atoms with Crippen molar-refractivity contribution < 1.29 is 23.8 Å². The molecule has 0 unspecified atom stereocenters. The molecule has 1 aliphatic carbocycles. The summed E-state index contributed by atoms with van der Waals surface area (Å²) in [4.78, 5) is 29.7. The first-order chi connectivity index (χ1) is 15.1. The molecule has 2 aliphatic heterocycles. The molecule has 0 spiro atoms. The van der Waals surface area contributed by atoms with E-state index >= 15 is 0 Å². The van der Waals surface area contributed by atoms with Crippen LogP contribution >= 0.6 is 0 Å². The molecule has 1 atom stereocenters. The van der Waals surface area contributed by atoms with Crippen molar-refractivity contribution in [3.63, 3.8) is 0 Å². The van der Waals surface area contributed by atoms with Gasteiger partial charge in [0.2, 0.25) is 5.91 Å². The van der Waals surface area contributed by atoms with Gasteiger partial charge in [-0.2, -0.15) is 0 Å². The number of hydrogen-bond acceptors (Lipinski definition) is 5. The summed E-state index contributed by atoms with van der Waals surface area (Å²) in [7, 11) is 3.28. The van der Waals surface area contributed by atoms with Crippen LogP contribution in [0, 0.1) is 5.92 Å². The molecule has 0 aromatic heterocycles. The smallest absolute Gasteiger partial charge is 0.258 e. The van der Waals surface area contributed by atoms with Gasteiger partial charge in [0.1, 0.15) is 17.6 Å². The number of methoxy groups -OCH3 is 2. The van der Waals surface area contributed by atoms with Gasteiger partial charge in [0.25, 0.3) is 5.91 Å². The molecule has 3 aliphatic rings. The average molecular weight is 431 g/mol. The number of amides is 2. The number of ether oxygens (including phenoxy) is 3. The molecule has 0 N–H and O–H groups in total. The van der Waals surface area contributed by atoms with Crippen LogP contribution in [-0.2, 0) is 9.53 Å². The van der Waals surface area contributed by atoms with Gasteiger partial charge in [0, 0.05) is 45.5 Å². The van der Waals surface area contributed by atoms with Gasteiger partial charge in [0.05, 0.1) is 25.3 Å². The van der Waals surface area contributed by atoms with Gasteiger partial charge in [-0.25, -0.2) is 0 Å². The van der Waals surface area contributed by atoms with Crippen LogP contribution < -0.4 is 9.47 Å². The third-order valence-corrected chi connectivity index (χ3v) is 6.64. The summed E-state index contributed by atoms with van der Waals surface area (Å²) in [6.45, 7) is 2.72. The molecular formula is C24H34N2O5. The minimum Gasteiger partial charge on any atom is -0.497 e. The number of carbonyl (C=O) groups is 2. The van der Waals surface area contributed by atoms with Gasteiger partial charge < -0.3 is 24.0 Å². The lowest BCUT2D eigenvalue weighted by atomic mass is 10.0. The maximum absolute atomic E-state index is 13.5. The minimum atomic E-state index is -0.0306. The molecule has 1 aromatic rings. The van der Waals surface area contributed by atoms with E-state index < -0.39 is 0 Å². The Morgan fingerprint density at radius 1 is 1.00 bits per heavy atom. The van der Waals surface area contributed by atoms with Crippen LogP contribution in [0.2, 0.25) is 0 Å². The zero-order valence-corrected chi connectivity index (χ0v) is 18.7. The van der Waals surface area contributed by atoms with Crippen LogP contribution in [0.5, 0.6) is 11.5 Å². The number of hydrogen-bond donors (Lipinski definition) is 0. The molecule has 7 heteroatoms. The predicted molar refractivity (Wildman–Crippen MR) is 116 cm³/mol. The third kappa shape index (κ3) is 5.14. The first-order valence-electron chi connectivity index (χ1n) is 11.5. The summed E-state index contributed by atoms with van der Waals surface area (Å²) in [6.07, 6.45) is 6.70. The summed E-state index contributed by atoms with van der Waals surface area (Å²) in [5.41, 5.74) is 0.541. The van der Waals surface area contributed by atoms with Crippen molar-refractivity contribution in [3.8, 4) is 11.5 Å². The quantitative estimate of drug-likeness (QED) is 0.665. The Hall–Kier alpha value is -2.28. The van der Waals surface area contributed by atoms with E-state index in [1.165, 1.54) is 0 Å². The Bertz CT molecular complexity index is 784. The maximum atomic E-state index is 13.5. The summed E-state index contributed by atoms with van der Waals surface area (Å²) in [5, 5.41) is 0. The largest absolute Gasteiger partial charge is 0.497 e. The number of rotatable bonds is 7. The number of carbonyl (C=O) groups excluding carboxylic acids is 2. The Kier molecular flexibility index (Phi) is 7.00. The molecule has 0 radical (unpaired) electrons. The Morgan fingerprint density at radius 3 is 2.45 bits per heavy atom. The van der Waals surface area contributed by atoms with Crippen LogP contribution in [0.25, 0.3) is 0 Å². The molecule has 170 valence electrons. The Labute approximate surface area is 184 Å². The summed E-state index contributed by atoms with van der Waals surface area (Å²) >= 11 is 0. The van der Waals surface area contributed by atoms with Crippen LogP contribution in [0.4, 0.5) is 0 Å². The maximum Gasteiger partial charge on any atom is 0.258 e. The fourth-order valence-electron chi connectivity index (χ4n) is 4.66. The van der Waals surface area contributed by atoms with E-state index in [4.69, 9.17) is 14.2 Å². The fraction of sp³-hybridized carbons (Fsp3) is 0.667. The lowest BCUT2D eigenvalue weighted by Gasteiger charge is -2.36. The first kappa shape index (κ1) is 21.9. The van der Waals surface area contributed by atoms with Crippen LogP contribution in [0.1, 0.15) is 55.3 Å². The topological polar surface area (TPSA) is 68.3 Å². The predicted octanol–water partition coefficient (Wildman–Crippen LogP) is 3.12. The van der Waals surface area contributed by atoms with Crippen molar-refractivity contribution in [3.05, 3.63) is 23.8 Å². The van der Waals surface area contributed by atoms with Crippen LogP contribution in [0.3, 0.4) is 0 Å². The van der Waals surface area contributed by atoms with Gasteiger partial charge in [-0.05, 0) is 50.3 Å². The summed E-state index contributed by atoms with van der Waals surface area (Å²) in [6, 6.07) is 5.54. The number of benzene rings is 1. The van der Waals surface area contributed by atoms with E-state index in [0.717, 1.165) is 64.6 Å². The van der Waals surface area contributed by atoms with E-state index in [2.05, 4.69) is 0 Å². The lowest BCUT2D eigenvalue weighted by molar-refractivity contribution is -0.134. The number of likely N-dealkylation sites (tertiary alicyclic amines) is 2. The molecular weight excluding hydrogens is 396 g/mol. The summed E-state index contributed by atoms with van der Waals surface area (Å²) in [5.74, 6) is 1.76. The second-order valence-electron chi connectivity index (χ2n) is 8.88.